The first-order valence-electron chi connectivity index (χ1n) is 7.05. The summed E-state index contributed by atoms with van der Waals surface area (Å²) in [5.41, 5.74) is 0.872. The van der Waals surface area contributed by atoms with Gasteiger partial charge in [0.15, 0.2) is 5.78 Å². The molecule has 1 aromatic rings. The number of nitrogens with one attached hydrogen (secondary N) is 1. The maximum atomic E-state index is 12.3. The van der Waals surface area contributed by atoms with Gasteiger partial charge in [-0.05, 0) is 32.8 Å². The topological polar surface area (TPSA) is 49.4 Å². The van der Waals surface area contributed by atoms with E-state index in [9.17, 15) is 9.59 Å². The van der Waals surface area contributed by atoms with Crippen molar-refractivity contribution in [1.82, 2.24) is 10.2 Å². The normalized spacial score (nSPS) is 17.1. The lowest BCUT2D eigenvalue weighted by Gasteiger charge is -2.31. The summed E-state index contributed by atoms with van der Waals surface area (Å²) in [4.78, 5) is 27.8. The van der Waals surface area contributed by atoms with Crippen LogP contribution in [0.25, 0.3) is 0 Å². The molecule has 1 aliphatic heterocycles. The standard InChI is InChI=1S/C15H22N2O2S/c1-10-8-14(11(2)20-10)15(19)9-17-6-4-13(5-7-17)16-12(3)18/h8,13H,4-7,9H2,1-3H3,(H,16,18). The van der Waals surface area contributed by atoms with Crippen LogP contribution in [0.3, 0.4) is 0 Å². The number of hydrogen-bond donors (Lipinski definition) is 1. The fourth-order valence-corrected chi connectivity index (χ4v) is 3.66. The molecule has 4 nitrogen and oxygen atoms in total. The van der Waals surface area contributed by atoms with Crippen molar-refractivity contribution in [2.45, 2.75) is 39.7 Å². The molecule has 0 unspecified atom stereocenters. The summed E-state index contributed by atoms with van der Waals surface area (Å²) in [6.45, 7) is 7.83. The number of thiophene rings is 1. The SMILES string of the molecule is CC(=O)NC1CCN(CC(=O)c2cc(C)sc2C)CC1. The van der Waals surface area contributed by atoms with E-state index in [2.05, 4.69) is 10.2 Å². The van der Waals surface area contributed by atoms with Gasteiger partial charge in [-0.15, -0.1) is 11.3 Å². The fourth-order valence-electron chi connectivity index (χ4n) is 2.72. The van der Waals surface area contributed by atoms with Gasteiger partial charge < -0.3 is 5.32 Å². The summed E-state index contributed by atoms with van der Waals surface area (Å²) >= 11 is 1.68. The van der Waals surface area contributed by atoms with Crippen LogP contribution in [0.5, 0.6) is 0 Å². The van der Waals surface area contributed by atoms with Gasteiger partial charge in [0, 0.05) is 41.4 Å². The first-order valence-corrected chi connectivity index (χ1v) is 7.87. The van der Waals surface area contributed by atoms with Gasteiger partial charge in [0.2, 0.25) is 5.91 Å². The minimum Gasteiger partial charge on any atom is -0.354 e. The minimum atomic E-state index is 0.0314. The number of ketones is 1. The zero-order valence-electron chi connectivity index (χ0n) is 12.4. The second-order valence-electron chi connectivity index (χ2n) is 5.50. The van der Waals surface area contributed by atoms with Crippen molar-refractivity contribution in [2.75, 3.05) is 19.6 Å². The van der Waals surface area contributed by atoms with Gasteiger partial charge in [0.05, 0.1) is 6.54 Å². The molecule has 0 aliphatic carbocycles. The molecule has 110 valence electrons. The van der Waals surface area contributed by atoms with E-state index in [1.54, 1.807) is 18.3 Å². The van der Waals surface area contributed by atoms with Crippen molar-refractivity contribution in [3.05, 3.63) is 21.4 Å². The Morgan fingerprint density at radius 1 is 1.35 bits per heavy atom. The Hall–Kier alpha value is -1.20. The number of carbonyl (C=O) groups is 2. The van der Waals surface area contributed by atoms with Crippen LogP contribution in [0.4, 0.5) is 0 Å². The molecule has 0 radical (unpaired) electrons. The number of aryl methyl sites for hydroxylation is 2. The molecule has 2 heterocycles. The van der Waals surface area contributed by atoms with E-state index >= 15 is 0 Å². The Morgan fingerprint density at radius 3 is 2.50 bits per heavy atom. The van der Waals surface area contributed by atoms with Gasteiger partial charge in [-0.25, -0.2) is 0 Å². The van der Waals surface area contributed by atoms with E-state index in [1.165, 1.54) is 4.88 Å². The molecule has 0 aromatic carbocycles. The Balaban J connectivity index is 1.85. The number of piperidine rings is 1. The number of nitrogens with zero attached hydrogens (tertiary/aromatic N) is 1. The third-order valence-electron chi connectivity index (χ3n) is 3.70. The second kappa shape index (κ2) is 6.50. The summed E-state index contributed by atoms with van der Waals surface area (Å²) in [6.07, 6.45) is 1.85. The highest BCUT2D eigenvalue weighted by Gasteiger charge is 2.22. The molecule has 20 heavy (non-hydrogen) atoms. The summed E-state index contributed by atoms with van der Waals surface area (Å²) in [5, 5.41) is 2.95. The maximum Gasteiger partial charge on any atom is 0.217 e. The van der Waals surface area contributed by atoms with Gasteiger partial charge in [0.1, 0.15) is 0 Å². The Labute approximate surface area is 124 Å². The molecule has 0 atom stereocenters. The molecule has 0 spiro atoms. The number of amides is 1. The largest absolute Gasteiger partial charge is 0.354 e. The number of Topliss-reactive ketones (excluding diaryl/α,β-unsaturated/α-hetero) is 1. The molecule has 1 saturated heterocycles. The monoisotopic (exact) mass is 294 g/mol. The lowest BCUT2D eigenvalue weighted by Crippen LogP contribution is -2.45. The first-order chi connectivity index (χ1) is 9.45. The molecule has 0 saturated carbocycles. The van der Waals surface area contributed by atoms with E-state index in [0.29, 0.717) is 6.54 Å². The summed E-state index contributed by atoms with van der Waals surface area (Å²) in [6, 6.07) is 2.26. The van der Waals surface area contributed by atoms with Gasteiger partial charge in [-0.2, -0.15) is 0 Å². The molecule has 1 N–H and O–H groups in total. The number of hydrogen-bond acceptors (Lipinski definition) is 4. The molecule has 1 fully saturated rings. The molecule has 1 amide bonds. The summed E-state index contributed by atoms with van der Waals surface area (Å²) in [7, 11) is 0. The predicted octanol–water partition coefficient (Wildman–Crippen LogP) is 2.15. The summed E-state index contributed by atoms with van der Waals surface area (Å²) < 4.78 is 0. The average Bonchev–Trinajstić information content (AvgIpc) is 2.70. The highest BCUT2D eigenvalue weighted by atomic mass is 32.1. The molecule has 1 aromatic heterocycles. The van der Waals surface area contributed by atoms with Crippen molar-refractivity contribution in [3.63, 3.8) is 0 Å². The van der Waals surface area contributed by atoms with Crippen molar-refractivity contribution in [2.24, 2.45) is 0 Å². The van der Waals surface area contributed by atoms with E-state index < -0.39 is 0 Å². The lowest BCUT2D eigenvalue weighted by molar-refractivity contribution is -0.119. The third-order valence-corrected chi connectivity index (χ3v) is 4.67. The van der Waals surface area contributed by atoms with Crippen LogP contribution in [0, 0.1) is 13.8 Å². The van der Waals surface area contributed by atoms with Crippen molar-refractivity contribution >= 4 is 23.0 Å². The Kier molecular flexibility index (Phi) is 4.94. The van der Waals surface area contributed by atoms with Crippen molar-refractivity contribution < 1.29 is 9.59 Å². The zero-order chi connectivity index (χ0) is 14.7. The van der Waals surface area contributed by atoms with E-state index in [-0.39, 0.29) is 17.7 Å². The molecule has 2 rings (SSSR count). The van der Waals surface area contributed by atoms with Crippen LogP contribution in [-0.2, 0) is 4.79 Å². The van der Waals surface area contributed by atoms with Crippen LogP contribution in [0.1, 0.15) is 39.9 Å². The predicted molar refractivity (Wildman–Crippen MR) is 81.4 cm³/mol. The van der Waals surface area contributed by atoms with Crippen LogP contribution in [0.2, 0.25) is 0 Å². The van der Waals surface area contributed by atoms with Crippen LogP contribution >= 0.6 is 11.3 Å². The van der Waals surface area contributed by atoms with Gasteiger partial charge in [0.25, 0.3) is 0 Å². The molecule has 1 aliphatic rings. The number of likely N-dealkylation sites (tertiary alicyclic amines) is 1. The number of rotatable bonds is 4. The quantitative estimate of drug-likeness (QED) is 0.866. The second-order valence-corrected chi connectivity index (χ2v) is 6.96. The van der Waals surface area contributed by atoms with Gasteiger partial charge in [-0.3, -0.25) is 14.5 Å². The van der Waals surface area contributed by atoms with Gasteiger partial charge >= 0.3 is 0 Å². The average molecular weight is 294 g/mol. The van der Waals surface area contributed by atoms with Crippen LogP contribution in [-0.4, -0.2) is 42.3 Å². The van der Waals surface area contributed by atoms with Crippen LogP contribution in [0.15, 0.2) is 6.07 Å². The first kappa shape index (κ1) is 15.2. The number of carbonyl (C=O) groups excluding carboxylic acids is 2. The molecule has 0 bridgehead atoms. The fraction of sp³-hybridized carbons (Fsp3) is 0.600. The van der Waals surface area contributed by atoms with Crippen molar-refractivity contribution in [1.29, 1.82) is 0 Å². The molecular formula is C15H22N2O2S. The third kappa shape index (κ3) is 3.90. The highest BCUT2D eigenvalue weighted by molar-refractivity contribution is 7.12. The van der Waals surface area contributed by atoms with E-state index in [0.717, 1.165) is 36.4 Å². The Bertz CT molecular complexity index is 502. The van der Waals surface area contributed by atoms with E-state index in [4.69, 9.17) is 0 Å². The minimum absolute atomic E-state index is 0.0314. The maximum absolute atomic E-state index is 12.3. The Morgan fingerprint density at radius 2 is 2.00 bits per heavy atom. The highest BCUT2D eigenvalue weighted by Crippen LogP contribution is 2.21. The van der Waals surface area contributed by atoms with Crippen LogP contribution < -0.4 is 5.32 Å². The smallest absolute Gasteiger partial charge is 0.217 e. The van der Waals surface area contributed by atoms with E-state index in [1.807, 2.05) is 19.9 Å². The zero-order valence-corrected chi connectivity index (χ0v) is 13.2. The van der Waals surface area contributed by atoms with Gasteiger partial charge in [-0.1, -0.05) is 0 Å². The summed E-state index contributed by atoms with van der Waals surface area (Å²) in [5.74, 6) is 0.244. The molecular weight excluding hydrogens is 272 g/mol. The lowest BCUT2D eigenvalue weighted by atomic mass is 10.0. The molecule has 5 heteroatoms. The van der Waals surface area contributed by atoms with Crippen molar-refractivity contribution in [3.8, 4) is 0 Å².